The van der Waals surface area contributed by atoms with Crippen molar-refractivity contribution < 1.29 is 9.53 Å². The van der Waals surface area contributed by atoms with E-state index in [1.165, 1.54) is 0 Å². The predicted octanol–water partition coefficient (Wildman–Crippen LogP) is 2.35. The lowest BCUT2D eigenvalue weighted by Crippen LogP contribution is -2.53. The Kier molecular flexibility index (Phi) is 4.68. The lowest BCUT2D eigenvalue weighted by Gasteiger charge is -2.38. The maximum Gasteiger partial charge on any atom is 0.270 e. The molecule has 3 fully saturated rings. The number of likely N-dealkylation sites (tertiary alicyclic amines) is 1. The minimum atomic E-state index is -0.122. The molecular formula is C24H25N5O3. The highest BCUT2D eigenvalue weighted by Gasteiger charge is 2.29. The Balaban J connectivity index is 1.03. The number of pyridine rings is 3. The Morgan fingerprint density at radius 3 is 2.69 bits per heavy atom. The molecule has 0 spiro atoms. The van der Waals surface area contributed by atoms with Gasteiger partial charge in [0.2, 0.25) is 0 Å². The van der Waals surface area contributed by atoms with E-state index >= 15 is 0 Å². The lowest BCUT2D eigenvalue weighted by atomic mass is 10.1. The zero-order chi connectivity index (χ0) is 21.7. The van der Waals surface area contributed by atoms with Crippen LogP contribution in [0.25, 0.3) is 11.0 Å². The van der Waals surface area contributed by atoms with E-state index in [0.29, 0.717) is 23.4 Å². The highest BCUT2D eigenvalue weighted by atomic mass is 16.5. The second kappa shape index (κ2) is 7.70. The van der Waals surface area contributed by atoms with Gasteiger partial charge >= 0.3 is 0 Å². The normalized spacial score (nSPS) is 19.0. The van der Waals surface area contributed by atoms with Crippen molar-refractivity contribution in [3.05, 3.63) is 63.8 Å². The van der Waals surface area contributed by atoms with Crippen LogP contribution >= 0.6 is 0 Å². The fourth-order valence-electron chi connectivity index (χ4n) is 4.17. The first-order valence-corrected chi connectivity index (χ1v) is 11.3. The van der Waals surface area contributed by atoms with E-state index in [1.54, 1.807) is 18.3 Å². The Labute approximate surface area is 185 Å². The van der Waals surface area contributed by atoms with Crippen molar-refractivity contribution in [2.24, 2.45) is 0 Å². The van der Waals surface area contributed by atoms with Crippen molar-refractivity contribution in [1.29, 1.82) is 0 Å². The van der Waals surface area contributed by atoms with E-state index in [2.05, 4.69) is 25.2 Å². The van der Waals surface area contributed by atoms with Crippen molar-refractivity contribution >= 4 is 16.9 Å². The number of aromatic nitrogens is 3. The first kappa shape index (κ1) is 19.4. The summed E-state index contributed by atoms with van der Waals surface area (Å²) in [6, 6.07) is 7.79. The molecule has 0 aromatic carbocycles. The molecule has 4 heterocycles. The van der Waals surface area contributed by atoms with E-state index in [4.69, 9.17) is 4.74 Å². The molecule has 8 heteroatoms. The van der Waals surface area contributed by atoms with Crippen LogP contribution in [-0.2, 0) is 6.54 Å². The number of ether oxygens (including phenoxy) is 1. The SMILES string of the molecule is O=C(NC1CC1)c1ccc(OC2CN(Cc3cnc4cc(C5CC5)c(=O)[nH]c4c3)C2)cn1. The van der Waals surface area contributed by atoms with Gasteiger partial charge in [0, 0.05) is 37.4 Å². The Hall–Kier alpha value is -3.26. The second-order valence-corrected chi connectivity index (χ2v) is 9.17. The number of carbonyl (C=O) groups is 1. The number of H-pyrrole nitrogens is 1. The van der Waals surface area contributed by atoms with Gasteiger partial charge in [-0.3, -0.25) is 19.5 Å². The number of rotatable bonds is 7. The largest absolute Gasteiger partial charge is 0.486 e. The summed E-state index contributed by atoms with van der Waals surface area (Å²) >= 11 is 0. The molecule has 8 nitrogen and oxygen atoms in total. The van der Waals surface area contributed by atoms with Gasteiger partial charge in [-0.2, -0.15) is 0 Å². The van der Waals surface area contributed by atoms with Gasteiger partial charge in [-0.15, -0.1) is 0 Å². The maximum atomic E-state index is 12.3. The number of amides is 1. The number of aromatic amines is 1. The smallest absolute Gasteiger partial charge is 0.270 e. The number of nitrogens with one attached hydrogen (secondary N) is 2. The van der Waals surface area contributed by atoms with Gasteiger partial charge < -0.3 is 15.0 Å². The monoisotopic (exact) mass is 431 g/mol. The highest BCUT2D eigenvalue weighted by molar-refractivity contribution is 5.92. The van der Waals surface area contributed by atoms with E-state index in [0.717, 1.165) is 67.5 Å². The fourth-order valence-corrected chi connectivity index (χ4v) is 4.17. The molecule has 0 atom stereocenters. The molecule has 3 aliphatic rings. The second-order valence-electron chi connectivity index (χ2n) is 9.17. The van der Waals surface area contributed by atoms with Crippen LogP contribution in [-0.4, -0.2) is 51.0 Å². The van der Waals surface area contributed by atoms with Crippen LogP contribution in [0.2, 0.25) is 0 Å². The van der Waals surface area contributed by atoms with Crippen molar-refractivity contribution in [1.82, 2.24) is 25.2 Å². The molecule has 0 radical (unpaired) electrons. The zero-order valence-corrected chi connectivity index (χ0v) is 17.7. The fraction of sp³-hybridized carbons (Fsp3) is 0.417. The van der Waals surface area contributed by atoms with E-state index < -0.39 is 0 Å². The average molecular weight is 431 g/mol. The van der Waals surface area contributed by atoms with Gasteiger partial charge in [0.25, 0.3) is 11.5 Å². The molecule has 2 aliphatic carbocycles. The number of hydrogen-bond donors (Lipinski definition) is 2. The van der Waals surface area contributed by atoms with E-state index in [9.17, 15) is 9.59 Å². The molecule has 2 N–H and O–H groups in total. The number of carbonyl (C=O) groups excluding carboxylic acids is 1. The summed E-state index contributed by atoms with van der Waals surface area (Å²) in [5, 5.41) is 2.93. The van der Waals surface area contributed by atoms with E-state index in [-0.39, 0.29) is 17.6 Å². The summed E-state index contributed by atoms with van der Waals surface area (Å²) in [4.78, 5) is 38.4. The summed E-state index contributed by atoms with van der Waals surface area (Å²) in [6.45, 7) is 2.37. The number of nitrogens with zero attached hydrogens (tertiary/aromatic N) is 3. The molecule has 1 saturated heterocycles. The quantitative estimate of drug-likeness (QED) is 0.596. The number of fused-ring (bicyclic) bond motifs is 1. The van der Waals surface area contributed by atoms with Gasteiger partial charge in [-0.05, 0) is 61.4 Å². The minimum Gasteiger partial charge on any atom is -0.486 e. The molecule has 2 saturated carbocycles. The highest BCUT2D eigenvalue weighted by Crippen LogP contribution is 2.38. The zero-order valence-electron chi connectivity index (χ0n) is 17.7. The Morgan fingerprint density at radius 1 is 1.12 bits per heavy atom. The topological polar surface area (TPSA) is 100 Å². The first-order valence-electron chi connectivity index (χ1n) is 11.3. The van der Waals surface area contributed by atoms with Gasteiger partial charge in [-0.1, -0.05) is 0 Å². The van der Waals surface area contributed by atoms with Crippen LogP contribution in [0.4, 0.5) is 0 Å². The van der Waals surface area contributed by atoms with Crippen LogP contribution in [0.3, 0.4) is 0 Å². The minimum absolute atomic E-state index is 0.0148. The average Bonchev–Trinajstić information content (AvgIpc) is 3.67. The maximum absolute atomic E-state index is 12.3. The van der Waals surface area contributed by atoms with Crippen LogP contribution in [0.1, 0.15) is 53.2 Å². The van der Waals surface area contributed by atoms with Gasteiger partial charge in [0.05, 0.1) is 17.2 Å². The third-order valence-electron chi connectivity index (χ3n) is 6.31. The molecule has 32 heavy (non-hydrogen) atoms. The molecule has 0 unspecified atom stereocenters. The lowest BCUT2D eigenvalue weighted by molar-refractivity contribution is 0.0143. The molecule has 6 rings (SSSR count). The first-order chi connectivity index (χ1) is 15.6. The molecule has 1 aliphatic heterocycles. The molecule has 0 bridgehead atoms. The summed E-state index contributed by atoms with van der Waals surface area (Å²) < 4.78 is 5.97. The van der Waals surface area contributed by atoms with E-state index in [1.807, 2.05) is 18.3 Å². The van der Waals surface area contributed by atoms with Crippen LogP contribution in [0, 0.1) is 0 Å². The van der Waals surface area contributed by atoms with Crippen molar-refractivity contribution in [3.63, 3.8) is 0 Å². The molecule has 1 amide bonds. The Morgan fingerprint density at radius 2 is 1.97 bits per heavy atom. The third kappa shape index (κ3) is 4.10. The Bertz CT molecular complexity index is 1220. The number of hydrogen-bond acceptors (Lipinski definition) is 6. The standard InChI is InChI=1S/C24H25N5O3/c30-23-19(15-1-2-15)8-21-22(28-23)7-14(9-25-21)11-29-12-18(13-29)32-17-5-6-20(26-10-17)24(31)27-16-3-4-16/h5-10,15-16,18H,1-4,11-13H2,(H,27,31)(H,28,30). The van der Waals surface area contributed by atoms with Gasteiger partial charge in [0.1, 0.15) is 17.5 Å². The summed E-state index contributed by atoms with van der Waals surface area (Å²) in [5.74, 6) is 0.964. The third-order valence-corrected chi connectivity index (χ3v) is 6.31. The molecule has 3 aromatic heterocycles. The summed E-state index contributed by atoms with van der Waals surface area (Å²) in [7, 11) is 0. The van der Waals surface area contributed by atoms with Crippen LogP contribution in [0.5, 0.6) is 5.75 Å². The van der Waals surface area contributed by atoms with Crippen molar-refractivity contribution in [2.45, 2.75) is 50.3 Å². The van der Waals surface area contributed by atoms with Crippen LogP contribution in [0.15, 0.2) is 41.5 Å². The summed E-state index contributed by atoms with van der Waals surface area (Å²) in [5.41, 5.74) is 4.01. The summed E-state index contributed by atoms with van der Waals surface area (Å²) in [6.07, 6.45) is 7.91. The van der Waals surface area contributed by atoms with Crippen LogP contribution < -0.4 is 15.6 Å². The van der Waals surface area contributed by atoms with Crippen molar-refractivity contribution in [2.75, 3.05) is 13.1 Å². The molecule has 3 aromatic rings. The molecular weight excluding hydrogens is 406 g/mol. The van der Waals surface area contributed by atoms with Gasteiger partial charge in [0.15, 0.2) is 0 Å². The molecule has 164 valence electrons. The van der Waals surface area contributed by atoms with Crippen molar-refractivity contribution in [3.8, 4) is 5.75 Å². The predicted molar refractivity (Wildman–Crippen MR) is 119 cm³/mol. The van der Waals surface area contributed by atoms with Gasteiger partial charge in [-0.25, -0.2) is 4.98 Å².